The molecule has 164 valence electrons. The van der Waals surface area contributed by atoms with Crippen LogP contribution in [0.2, 0.25) is 0 Å². The van der Waals surface area contributed by atoms with Gasteiger partial charge < -0.3 is 21.8 Å². The maximum atomic E-state index is 12.9. The highest BCUT2D eigenvalue weighted by Crippen LogP contribution is 2.33. The zero-order valence-corrected chi connectivity index (χ0v) is 17.8. The third kappa shape index (κ3) is 5.57. The predicted molar refractivity (Wildman–Crippen MR) is 116 cm³/mol. The Balaban J connectivity index is 2.79. The molecule has 1 aromatic carbocycles. The first kappa shape index (κ1) is 23.8. The summed E-state index contributed by atoms with van der Waals surface area (Å²) < 4.78 is 40.8. The van der Waals surface area contributed by atoms with Gasteiger partial charge in [-0.1, -0.05) is 0 Å². The summed E-state index contributed by atoms with van der Waals surface area (Å²) in [5.41, 5.74) is 19.9. The fraction of sp³-hybridized carbons (Fsp3) is 0.250. The van der Waals surface area contributed by atoms with E-state index in [0.29, 0.717) is 24.1 Å². The molecule has 0 aliphatic rings. The van der Waals surface area contributed by atoms with Crippen molar-refractivity contribution in [3.05, 3.63) is 36.0 Å². The number of nitrogens with one attached hydrogen (secondary N) is 2. The first-order valence-corrected chi connectivity index (χ1v) is 11.4. The van der Waals surface area contributed by atoms with Gasteiger partial charge in [-0.3, -0.25) is 0 Å². The number of hydrogen-bond donors (Lipinski definition) is 7. The lowest BCUT2D eigenvalue weighted by atomic mass is 10.0. The third-order valence-electron chi connectivity index (χ3n) is 4.05. The van der Waals surface area contributed by atoms with E-state index in [1.807, 2.05) is 5.53 Å². The van der Waals surface area contributed by atoms with Crippen molar-refractivity contribution in [2.45, 2.75) is 29.2 Å². The molecule has 0 amide bonds. The summed E-state index contributed by atoms with van der Waals surface area (Å²) in [6, 6.07) is 5.84. The average Bonchev–Trinajstić information content (AvgIpc) is 2.67. The lowest BCUT2D eigenvalue weighted by Gasteiger charge is -2.20. The first-order valence-electron chi connectivity index (χ1n) is 8.69. The number of rotatable bonds is 9. The van der Waals surface area contributed by atoms with Crippen LogP contribution in [-0.2, 0) is 21.4 Å². The number of anilines is 1. The van der Waals surface area contributed by atoms with Gasteiger partial charge in [0.25, 0.3) is 0 Å². The maximum absolute atomic E-state index is 12.9. The second-order valence-electron chi connectivity index (χ2n) is 6.32. The molecule has 2 unspecified atom stereocenters. The van der Waals surface area contributed by atoms with Gasteiger partial charge in [0.1, 0.15) is 5.82 Å². The van der Waals surface area contributed by atoms with Crippen molar-refractivity contribution in [1.82, 2.24) is 15.2 Å². The number of nitrogens with zero attached hydrogens (tertiary/aromatic N) is 2. The van der Waals surface area contributed by atoms with Crippen molar-refractivity contribution in [2.75, 3.05) is 12.3 Å². The van der Waals surface area contributed by atoms with Crippen LogP contribution in [-0.4, -0.2) is 36.4 Å². The number of nitrogen functional groups attached to an aromatic ring is 1. The second-order valence-corrected chi connectivity index (χ2v) is 9.03. The van der Waals surface area contributed by atoms with Crippen LogP contribution in [0.5, 0.6) is 0 Å². The molecule has 0 saturated heterocycles. The van der Waals surface area contributed by atoms with Crippen LogP contribution in [0.25, 0.3) is 11.1 Å². The summed E-state index contributed by atoms with van der Waals surface area (Å²) in [6.07, 6.45) is 1.96. The number of hydrazone groups is 1. The van der Waals surface area contributed by atoms with E-state index in [9.17, 15) is 13.0 Å². The largest absolute Gasteiger partial charge is 0.593 e. The molecule has 0 fully saturated rings. The van der Waals surface area contributed by atoms with Crippen LogP contribution in [0.15, 0.2) is 45.4 Å². The predicted octanol–water partition coefficient (Wildman–Crippen LogP) is -1.59. The second kappa shape index (κ2) is 10.0. The molecule has 2 atom stereocenters. The van der Waals surface area contributed by atoms with Gasteiger partial charge in [0.2, 0.25) is 10.0 Å². The molecule has 2 rings (SSSR count). The maximum Gasteiger partial charge on any atom is 0.243 e. The summed E-state index contributed by atoms with van der Waals surface area (Å²) in [5, 5.41) is 9.17. The molecule has 12 nitrogen and oxygen atoms in total. The fourth-order valence-electron chi connectivity index (χ4n) is 2.73. The molecule has 0 spiro atoms. The van der Waals surface area contributed by atoms with Crippen LogP contribution in [0.4, 0.5) is 5.82 Å². The van der Waals surface area contributed by atoms with E-state index < -0.39 is 26.3 Å². The normalized spacial score (nSPS) is 14.4. The highest BCUT2D eigenvalue weighted by molar-refractivity contribution is 7.92. The molecule has 1 heterocycles. The van der Waals surface area contributed by atoms with Gasteiger partial charge in [-0.25, -0.2) is 29.9 Å². The highest BCUT2D eigenvalue weighted by atomic mass is 32.2. The van der Waals surface area contributed by atoms with Gasteiger partial charge in [0.15, 0.2) is 15.6 Å². The Labute approximate surface area is 177 Å². The summed E-state index contributed by atoms with van der Waals surface area (Å²) in [4.78, 5) is 3.47. The number of aromatic nitrogens is 1. The van der Waals surface area contributed by atoms with E-state index in [-0.39, 0.29) is 28.2 Å². The smallest absolute Gasteiger partial charge is 0.243 e. The van der Waals surface area contributed by atoms with Gasteiger partial charge in [0.05, 0.1) is 23.0 Å². The molecule has 0 aliphatic carbocycles. The van der Waals surface area contributed by atoms with E-state index in [1.54, 1.807) is 19.1 Å². The minimum Gasteiger partial charge on any atom is -0.593 e. The van der Waals surface area contributed by atoms with Gasteiger partial charge >= 0.3 is 0 Å². The number of nitrogens with two attached hydrogens (primary N) is 5. The number of hydrogen-bond acceptors (Lipinski definition) is 10. The van der Waals surface area contributed by atoms with Gasteiger partial charge in [0, 0.05) is 11.8 Å². The summed E-state index contributed by atoms with van der Waals surface area (Å²) >= 11 is -1.93. The molecule has 1 aromatic heterocycles. The number of benzene rings is 1. The summed E-state index contributed by atoms with van der Waals surface area (Å²) in [7, 11) is -4.39. The van der Waals surface area contributed by atoms with Crippen LogP contribution >= 0.6 is 0 Å². The van der Waals surface area contributed by atoms with Crippen molar-refractivity contribution in [3.63, 3.8) is 0 Å². The molecular weight excluding hydrogens is 430 g/mol. The quantitative estimate of drug-likeness (QED) is 0.0752. The molecule has 12 N–H and O–H groups in total. The van der Waals surface area contributed by atoms with Gasteiger partial charge in [-0.15, -0.1) is 9.82 Å². The summed E-state index contributed by atoms with van der Waals surface area (Å²) in [6.45, 7) is 2.13. The molecule has 0 saturated carbocycles. The average molecular weight is 456 g/mol. The summed E-state index contributed by atoms with van der Waals surface area (Å²) in [5.74, 6) is 5.22. The van der Waals surface area contributed by atoms with Crippen molar-refractivity contribution >= 4 is 33.0 Å². The third-order valence-corrected chi connectivity index (χ3v) is 6.53. The van der Waals surface area contributed by atoms with E-state index in [4.69, 9.17) is 28.2 Å². The van der Waals surface area contributed by atoms with Gasteiger partial charge in [-0.05, 0) is 49.7 Å². The number of pyridine rings is 1. The van der Waals surface area contributed by atoms with Gasteiger partial charge in [-0.2, -0.15) is 0 Å². The minimum absolute atomic E-state index is 0.0684. The lowest BCUT2D eigenvalue weighted by molar-refractivity contribution is 0.545. The number of amidine groups is 1. The minimum atomic E-state index is -4.39. The lowest BCUT2D eigenvalue weighted by Crippen LogP contribution is -2.36. The molecular formula is C16H25N9O3S2. The van der Waals surface area contributed by atoms with Crippen LogP contribution < -0.4 is 38.4 Å². The van der Waals surface area contributed by atoms with E-state index >= 15 is 0 Å². The SMILES string of the molecule is CC(CCN)N[S+]([O-])c1ccc(-c2ccc(N)nc2)c(/C(N)=N/NN)c1S(N)(=O)=O. The number of sulfonamides is 1. The van der Waals surface area contributed by atoms with E-state index in [2.05, 4.69) is 14.8 Å². The Hall–Kier alpha value is -2.46. The van der Waals surface area contributed by atoms with E-state index in [0.717, 1.165) is 0 Å². The fourth-order valence-corrected chi connectivity index (χ4v) is 5.23. The Bertz CT molecular complexity index is 1010. The van der Waals surface area contributed by atoms with Crippen molar-refractivity contribution in [2.24, 2.45) is 27.6 Å². The molecule has 2 aromatic rings. The van der Waals surface area contributed by atoms with Crippen LogP contribution in [0.3, 0.4) is 0 Å². The molecule has 30 heavy (non-hydrogen) atoms. The first-order chi connectivity index (χ1) is 14.1. The monoisotopic (exact) mass is 455 g/mol. The van der Waals surface area contributed by atoms with Crippen molar-refractivity contribution in [1.29, 1.82) is 0 Å². The number of primary sulfonamides is 1. The van der Waals surface area contributed by atoms with Crippen LogP contribution in [0.1, 0.15) is 18.9 Å². The van der Waals surface area contributed by atoms with Crippen molar-refractivity contribution in [3.8, 4) is 11.1 Å². The topological polar surface area (TPSA) is 237 Å². The Morgan fingerprint density at radius 2 is 2.03 bits per heavy atom. The standard InChI is InChI=1S/C16H25N9O3S2/c1-9(6-7-17)24-29(26)12-4-3-11(10-2-5-13(18)22-8-10)14(16(19)23-25-20)15(12)30(21,27)28/h2-5,8-9,24-25H,6-7,17,20H2,1H3,(H2,18,22)(H2,19,23)(H2,21,27,28). The molecule has 0 radical (unpaired) electrons. The Kier molecular flexibility index (Phi) is 7.96. The van der Waals surface area contributed by atoms with Crippen molar-refractivity contribution < 1.29 is 13.0 Å². The zero-order chi connectivity index (χ0) is 22.5. The molecule has 14 heteroatoms. The Morgan fingerprint density at radius 1 is 1.33 bits per heavy atom. The van der Waals surface area contributed by atoms with E-state index in [1.165, 1.54) is 18.3 Å². The molecule has 0 aliphatic heterocycles. The highest BCUT2D eigenvalue weighted by Gasteiger charge is 2.32. The Morgan fingerprint density at radius 3 is 2.57 bits per heavy atom. The zero-order valence-electron chi connectivity index (χ0n) is 16.2. The molecule has 0 bridgehead atoms. The number of hydrazine groups is 1. The van der Waals surface area contributed by atoms with Crippen LogP contribution in [0, 0.1) is 0 Å².